The molecule has 9 heteroatoms. The number of nitrogens with one attached hydrogen (secondary N) is 3. The Bertz CT molecular complexity index is 1210. The highest BCUT2D eigenvalue weighted by molar-refractivity contribution is 6.31. The number of piperidine rings is 1. The molecule has 1 atom stereocenters. The standard InChI is InChI=1S/C26H27ClN4O4/c1-16-6-8-20(13-22(16)27)30-26(34)35-11-10-18-4-3-5-19(12-18)29-21-14-24(32)31(15-21)23-9-7-17(2)28-25(23)33/h3-6,8,12-14,23,29H,2,7,9-11,15H2,1H3,(H,28,33)(H,30,34). The van der Waals surface area contributed by atoms with E-state index in [1.54, 1.807) is 17.0 Å². The third-order valence-corrected chi connectivity index (χ3v) is 6.30. The zero-order valence-electron chi connectivity index (χ0n) is 19.4. The Hall–Kier alpha value is -3.78. The molecule has 182 valence electrons. The Labute approximate surface area is 209 Å². The van der Waals surface area contributed by atoms with Gasteiger partial charge in [-0.25, -0.2) is 4.79 Å². The number of allylic oxidation sites excluding steroid dienone is 1. The zero-order valence-corrected chi connectivity index (χ0v) is 20.2. The second-order valence-corrected chi connectivity index (χ2v) is 8.99. The summed E-state index contributed by atoms with van der Waals surface area (Å²) in [6, 6.07) is 12.4. The fourth-order valence-corrected chi connectivity index (χ4v) is 4.19. The molecule has 4 rings (SSSR count). The fourth-order valence-electron chi connectivity index (χ4n) is 4.01. The van der Waals surface area contributed by atoms with Gasteiger partial charge in [-0.3, -0.25) is 14.9 Å². The molecule has 1 saturated heterocycles. The van der Waals surface area contributed by atoms with Crippen molar-refractivity contribution in [3.05, 3.63) is 82.7 Å². The van der Waals surface area contributed by atoms with Crippen molar-refractivity contribution in [2.75, 3.05) is 23.8 Å². The minimum atomic E-state index is -0.552. The first-order chi connectivity index (χ1) is 16.8. The monoisotopic (exact) mass is 494 g/mol. The molecule has 35 heavy (non-hydrogen) atoms. The molecule has 0 saturated carbocycles. The zero-order chi connectivity index (χ0) is 24.9. The van der Waals surface area contributed by atoms with Gasteiger partial charge in [-0.1, -0.05) is 36.4 Å². The van der Waals surface area contributed by atoms with Crippen molar-refractivity contribution in [1.29, 1.82) is 0 Å². The Morgan fingerprint density at radius 2 is 2.06 bits per heavy atom. The van der Waals surface area contributed by atoms with Crippen LogP contribution in [0.4, 0.5) is 16.2 Å². The molecule has 8 nitrogen and oxygen atoms in total. The average molecular weight is 495 g/mol. The lowest BCUT2D eigenvalue weighted by Gasteiger charge is -2.31. The highest BCUT2D eigenvalue weighted by Crippen LogP contribution is 2.24. The van der Waals surface area contributed by atoms with Crippen LogP contribution in [0, 0.1) is 6.92 Å². The summed E-state index contributed by atoms with van der Waals surface area (Å²) >= 11 is 6.08. The second-order valence-electron chi connectivity index (χ2n) is 8.58. The maximum absolute atomic E-state index is 12.5. The molecule has 3 N–H and O–H groups in total. The normalized spacial score (nSPS) is 17.7. The van der Waals surface area contributed by atoms with Crippen LogP contribution in [-0.4, -0.2) is 42.0 Å². The van der Waals surface area contributed by atoms with Crippen molar-refractivity contribution in [2.45, 2.75) is 32.2 Å². The molecule has 2 heterocycles. The van der Waals surface area contributed by atoms with E-state index in [0.717, 1.165) is 22.5 Å². The Morgan fingerprint density at radius 1 is 1.23 bits per heavy atom. The second kappa shape index (κ2) is 10.7. The molecule has 2 aliphatic rings. The van der Waals surface area contributed by atoms with E-state index in [4.69, 9.17) is 16.3 Å². The first-order valence-electron chi connectivity index (χ1n) is 11.3. The molecule has 1 unspecified atom stereocenters. The Kier molecular flexibility index (Phi) is 7.41. The number of anilines is 2. The van der Waals surface area contributed by atoms with E-state index in [-0.39, 0.29) is 18.4 Å². The molecule has 2 aliphatic heterocycles. The van der Waals surface area contributed by atoms with Gasteiger partial charge in [0.15, 0.2) is 0 Å². The van der Waals surface area contributed by atoms with Crippen LogP contribution >= 0.6 is 11.6 Å². The van der Waals surface area contributed by atoms with Gasteiger partial charge in [0.25, 0.3) is 0 Å². The lowest BCUT2D eigenvalue weighted by Crippen LogP contribution is -2.50. The Balaban J connectivity index is 1.27. The molecule has 2 aromatic carbocycles. The number of aryl methyl sites for hydroxylation is 1. The number of carbonyl (C=O) groups excluding carboxylic acids is 3. The van der Waals surface area contributed by atoms with Gasteiger partial charge in [0.05, 0.1) is 13.2 Å². The highest BCUT2D eigenvalue weighted by Gasteiger charge is 2.35. The van der Waals surface area contributed by atoms with Crippen molar-refractivity contribution in [3.8, 4) is 0 Å². The van der Waals surface area contributed by atoms with Crippen molar-refractivity contribution in [1.82, 2.24) is 10.2 Å². The van der Waals surface area contributed by atoms with Crippen molar-refractivity contribution in [2.24, 2.45) is 0 Å². The number of hydrogen-bond donors (Lipinski definition) is 3. The summed E-state index contributed by atoms with van der Waals surface area (Å²) in [6.07, 6.45) is 2.72. The van der Waals surface area contributed by atoms with Crippen molar-refractivity contribution >= 4 is 40.9 Å². The van der Waals surface area contributed by atoms with E-state index < -0.39 is 12.1 Å². The van der Waals surface area contributed by atoms with Crippen LogP contribution in [0.1, 0.15) is 24.0 Å². The highest BCUT2D eigenvalue weighted by atomic mass is 35.5. The number of hydrogen-bond acceptors (Lipinski definition) is 5. The molecule has 0 aliphatic carbocycles. The molecule has 0 radical (unpaired) electrons. The molecule has 2 aromatic rings. The van der Waals surface area contributed by atoms with Crippen molar-refractivity contribution in [3.63, 3.8) is 0 Å². The summed E-state index contributed by atoms with van der Waals surface area (Å²) in [4.78, 5) is 38.4. The molecule has 0 aromatic heterocycles. The number of carbonyl (C=O) groups is 3. The summed E-state index contributed by atoms with van der Waals surface area (Å²) in [5, 5.41) is 9.22. The van der Waals surface area contributed by atoms with Crippen LogP contribution in [0.3, 0.4) is 0 Å². The predicted octanol–water partition coefficient (Wildman–Crippen LogP) is 4.37. The van der Waals surface area contributed by atoms with Gasteiger partial charge in [0.2, 0.25) is 11.8 Å². The number of halogens is 1. The molecule has 1 fully saturated rings. The summed E-state index contributed by atoms with van der Waals surface area (Å²) in [6.45, 7) is 6.20. The molecule has 0 bridgehead atoms. The first-order valence-corrected chi connectivity index (χ1v) is 11.7. The van der Waals surface area contributed by atoms with Gasteiger partial charge >= 0.3 is 6.09 Å². The maximum Gasteiger partial charge on any atom is 0.411 e. The molecular formula is C26H27ClN4O4. The molecule has 0 spiro atoms. The number of nitrogens with zero attached hydrogens (tertiary/aromatic N) is 1. The molecule has 3 amide bonds. The topological polar surface area (TPSA) is 99.8 Å². The number of rotatable bonds is 7. The third-order valence-electron chi connectivity index (χ3n) is 5.89. The van der Waals surface area contributed by atoms with Crippen LogP contribution in [0.15, 0.2) is 66.5 Å². The van der Waals surface area contributed by atoms with E-state index in [1.165, 1.54) is 6.08 Å². The quantitative estimate of drug-likeness (QED) is 0.530. The van der Waals surface area contributed by atoms with Gasteiger partial charge in [0.1, 0.15) is 6.04 Å². The lowest BCUT2D eigenvalue weighted by atomic mass is 10.0. The van der Waals surface area contributed by atoms with Gasteiger partial charge in [0, 0.05) is 40.3 Å². The summed E-state index contributed by atoms with van der Waals surface area (Å²) in [5.74, 6) is -0.383. The van der Waals surface area contributed by atoms with E-state index in [1.807, 2.05) is 37.3 Å². The largest absolute Gasteiger partial charge is 0.449 e. The van der Waals surface area contributed by atoms with Crippen LogP contribution < -0.4 is 16.0 Å². The third kappa shape index (κ3) is 6.22. The lowest BCUT2D eigenvalue weighted by molar-refractivity contribution is -0.136. The summed E-state index contributed by atoms with van der Waals surface area (Å²) in [7, 11) is 0. The fraction of sp³-hybridized carbons (Fsp3) is 0.269. The summed E-state index contributed by atoms with van der Waals surface area (Å²) in [5.41, 5.74) is 4.67. The maximum atomic E-state index is 12.5. The minimum Gasteiger partial charge on any atom is -0.449 e. The van der Waals surface area contributed by atoms with E-state index in [0.29, 0.717) is 42.2 Å². The van der Waals surface area contributed by atoms with Gasteiger partial charge < -0.3 is 20.3 Å². The predicted molar refractivity (Wildman–Crippen MR) is 135 cm³/mol. The van der Waals surface area contributed by atoms with Gasteiger partial charge in [-0.15, -0.1) is 0 Å². The van der Waals surface area contributed by atoms with Crippen molar-refractivity contribution < 1.29 is 19.1 Å². The van der Waals surface area contributed by atoms with Crippen LogP contribution in [-0.2, 0) is 20.7 Å². The first kappa shape index (κ1) is 24.3. The van der Waals surface area contributed by atoms with E-state index >= 15 is 0 Å². The number of benzene rings is 2. The van der Waals surface area contributed by atoms with Gasteiger partial charge in [-0.05, 0) is 55.2 Å². The van der Waals surface area contributed by atoms with E-state index in [2.05, 4.69) is 22.5 Å². The number of amides is 3. The van der Waals surface area contributed by atoms with Crippen LogP contribution in [0.25, 0.3) is 0 Å². The van der Waals surface area contributed by atoms with Gasteiger partial charge in [-0.2, -0.15) is 0 Å². The SMILES string of the molecule is C=C1CCC(N2CC(Nc3cccc(CCOC(=O)Nc4ccc(C)c(Cl)c4)c3)=CC2=O)C(=O)N1. The summed E-state index contributed by atoms with van der Waals surface area (Å²) < 4.78 is 5.29. The molecular weight excluding hydrogens is 468 g/mol. The van der Waals surface area contributed by atoms with Crippen LogP contribution in [0.2, 0.25) is 5.02 Å². The number of ether oxygens (including phenoxy) is 1. The average Bonchev–Trinajstić information content (AvgIpc) is 3.16. The smallest absolute Gasteiger partial charge is 0.411 e. The Morgan fingerprint density at radius 3 is 2.83 bits per heavy atom. The van der Waals surface area contributed by atoms with E-state index in [9.17, 15) is 14.4 Å². The van der Waals surface area contributed by atoms with Crippen LogP contribution in [0.5, 0.6) is 0 Å². The minimum absolute atomic E-state index is 0.189.